The molecular formula is C21H19ClN2O4S. The Kier molecular flexibility index (Phi) is 5.34. The fourth-order valence-electron chi connectivity index (χ4n) is 3.24. The van der Waals surface area contributed by atoms with E-state index in [0.29, 0.717) is 40.8 Å². The van der Waals surface area contributed by atoms with Gasteiger partial charge in [-0.25, -0.2) is 8.42 Å². The van der Waals surface area contributed by atoms with Crippen molar-refractivity contribution >= 4 is 33.2 Å². The number of sulfonamides is 1. The van der Waals surface area contributed by atoms with Gasteiger partial charge in [-0.3, -0.25) is 9.10 Å². The third kappa shape index (κ3) is 4.31. The standard InChI is InChI=1S/C21H19ClN2O4S/c22-17-7-5-15(6-8-17)20-10-9-19(28-20)14-23-21(25)16-3-1-4-18(13-16)24-11-2-12-29(24,26)27/h1,3-10,13H,2,11-12,14H2,(H,23,25). The van der Waals surface area contributed by atoms with E-state index in [-0.39, 0.29) is 18.2 Å². The van der Waals surface area contributed by atoms with Crippen LogP contribution in [-0.2, 0) is 16.6 Å². The first-order valence-corrected chi connectivity index (χ1v) is 11.1. The van der Waals surface area contributed by atoms with E-state index >= 15 is 0 Å². The number of furan rings is 1. The van der Waals surface area contributed by atoms with Gasteiger partial charge in [-0.15, -0.1) is 0 Å². The van der Waals surface area contributed by atoms with Crippen LogP contribution in [0.1, 0.15) is 22.5 Å². The molecule has 2 aromatic carbocycles. The van der Waals surface area contributed by atoms with Crippen LogP contribution in [0.3, 0.4) is 0 Å². The number of nitrogens with zero attached hydrogens (tertiary/aromatic N) is 1. The minimum atomic E-state index is -3.29. The average Bonchev–Trinajstić information content (AvgIpc) is 3.32. The van der Waals surface area contributed by atoms with E-state index in [9.17, 15) is 13.2 Å². The molecule has 0 radical (unpaired) electrons. The Morgan fingerprint density at radius 1 is 1.10 bits per heavy atom. The van der Waals surface area contributed by atoms with Crippen LogP contribution in [0, 0.1) is 0 Å². The highest BCUT2D eigenvalue weighted by atomic mass is 35.5. The first kappa shape index (κ1) is 19.5. The summed E-state index contributed by atoms with van der Waals surface area (Å²) in [5.41, 5.74) is 1.80. The second kappa shape index (κ2) is 7.93. The predicted octanol–water partition coefficient (Wildman–Crippen LogP) is 4.07. The smallest absolute Gasteiger partial charge is 0.251 e. The molecule has 8 heteroatoms. The molecule has 1 aliphatic heterocycles. The third-order valence-corrected chi connectivity index (χ3v) is 6.83. The summed E-state index contributed by atoms with van der Waals surface area (Å²) in [6.07, 6.45) is 0.590. The molecular weight excluding hydrogens is 412 g/mol. The van der Waals surface area contributed by atoms with Crippen LogP contribution in [0.15, 0.2) is 65.1 Å². The number of nitrogens with one attached hydrogen (secondary N) is 1. The minimum Gasteiger partial charge on any atom is -0.459 e. The number of hydrogen-bond acceptors (Lipinski definition) is 4. The summed E-state index contributed by atoms with van der Waals surface area (Å²) in [5, 5.41) is 3.46. The van der Waals surface area contributed by atoms with Gasteiger partial charge in [-0.05, 0) is 61.0 Å². The third-order valence-electron chi connectivity index (χ3n) is 4.71. The molecule has 0 atom stereocenters. The number of carbonyl (C=O) groups is 1. The first-order chi connectivity index (χ1) is 13.9. The second-order valence-electron chi connectivity index (χ2n) is 6.75. The van der Waals surface area contributed by atoms with E-state index in [0.717, 1.165) is 5.56 Å². The van der Waals surface area contributed by atoms with Gasteiger partial charge in [-0.2, -0.15) is 0 Å². The molecule has 29 heavy (non-hydrogen) atoms. The van der Waals surface area contributed by atoms with E-state index < -0.39 is 10.0 Å². The van der Waals surface area contributed by atoms with Gasteiger partial charge in [-0.1, -0.05) is 17.7 Å². The van der Waals surface area contributed by atoms with Crippen molar-refractivity contribution in [3.8, 4) is 11.3 Å². The van der Waals surface area contributed by atoms with Crippen molar-refractivity contribution in [1.29, 1.82) is 0 Å². The molecule has 1 aliphatic rings. The zero-order valence-electron chi connectivity index (χ0n) is 15.5. The van der Waals surface area contributed by atoms with Crippen LogP contribution in [0.5, 0.6) is 0 Å². The molecule has 0 spiro atoms. The number of rotatable bonds is 5. The SMILES string of the molecule is O=C(NCc1ccc(-c2ccc(Cl)cc2)o1)c1cccc(N2CCCS2(=O)=O)c1. The van der Waals surface area contributed by atoms with Crippen molar-refractivity contribution < 1.29 is 17.6 Å². The van der Waals surface area contributed by atoms with Crippen LogP contribution >= 0.6 is 11.6 Å². The van der Waals surface area contributed by atoms with Crippen molar-refractivity contribution in [1.82, 2.24) is 5.32 Å². The Bertz CT molecular complexity index is 1140. The molecule has 1 saturated heterocycles. The molecule has 1 fully saturated rings. The monoisotopic (exact) mass is 430 g/mol. The lowest BCUT2D eigenvalue weighted by Gasteiger charge is -2.17. The van der Waals surface area contributed by atoms with Crippen molar-refractivity contribution in [2.45, 2.75) is 13.0 Å². The van der Waals surface area contributed by atoms with Gasteiger partial charge in [0, 0.05) is 22.7 Å². The van der Waals surface area contributed by atoms with E-state index in [1.54, 1.807) is 42.5 Å². The topological polar surface area (TPSA) is 79.6 Å². The number of amides is 1. The zero-order valence-corrected chi connectivity index (χ0v) is 17.0. The molecule has 1 amide bonds. The van der Waals surface area contributed by atoms with Crippen molar-refractivity contribution in [3.63, 3.8) is 0 Å². The molecule has 1 aromatic heterocycles. The van der Waals surface area contributed by atoms with Crippen LogP contribution in [0.4, 0.5) is 5.69 Å². The van der Waals surface area contributed by atoms with Crippen LogP contribution in [0.25, 0.3) is 11.3 Å². The van der Waals surface area contributed by atoms with E-state index in [2.05, 4.69) is 5.32 Å². The lowest BCUT2D eigenvalue weighted by atomic mass is 10.2. The van der Waals surface area contributed by atoms with Gasteiger partial charge in [0.15, 0.2) is 0 Å². The number of hydrogen-bond donors (Lipinski definition) is 1. The molecule has 0 saturated carbocycles. The molecule has 1 N–H and O–H groups in total. The molecule has 6 nitrogen and oxygen atoms in total. The quantitative estimate of drug-likeness (QED) is 0.661. The van der Waals surface area contributed by atoms with Crippen LogP contribution in [-0.4, -0.2) is 26.6 Å². The van der Waals surface area contributed by atoms with Gasteiger partial charge in [0.2, 0.25) is 10.0 Å². The summed E-state index contributed by atoms with van der Waals surface area (Å²) in [7, 11) is -3.29. The zero-order chi connectivity index (χ0) is 20.4. The number of anilines is 1. The Morgan fingerprint density at radius 3 is 2.62 bits per heavy atom. The molecule has 0 unspecified atom stereocenters. The maximum absolute atomic E-state index is 12.5. The maximum atomic E-state index is 12.5. The summed E-state index contributed by atoms with van der Waals surface area (Å²) < 4.78 is 31.3. The lowest BCUT2D eigenvalue weighted by Crippen LogP contribution is -2.26. The van der Waals surface area contributed by atoms with Crippen molar-refractivity contribution in [2.75, 3.05) is 16.6 Å². The lowest BCUT2D eigenvalue weighted by molar-refractivity contribution is 0.0948. The summed E-state index contributed by atoms with van der Waals surface area (Å²) in [4.78, 5) is 12.5. The molecule has 2 heterocycles. The van der Waals surface area contributed by atoms with Gasteiger partial charge in [0.25, 0.3) is 5.91 Å². The highest BCUT2D eigenvalue weighted by Crippen LogP contribution is 2.25. The molecule has 4 rings (SSSR count). The summed E-state index contributed by atoms with van der Waals surface area (Å²) >= 11 is 5.90. The van der Waals surface area contributed by atoms with Gasteiger partial charge < -0.3 is 9.73 Å². The largest absolute Gasteiger partial charge is 0.459 e. The summed E-state index contributed by atoms with van der Waals surface area (Å²) in [6.45, 7) is 0.659. The summed E-state index contributed by atoms with van der Waals surface area (Å²) in [5.74, 6) is 1.14. The van der Waals surface area contributed by atoms with E-state index in [1.165, 1.54) is 4.31 Å². The highest BCUT2D eigenvalue weighted by molar-refractivity contribution is 7.93. The molecule has 0 bridgehead atoms. The van der Waals surface area contributed by atoms with Crippen molar-refractivity contribution in [3.05, 3.63) is 77.0 Å². The average molecular weight is 431 g/mol. The van der Waals surface area contributed by atoms with Gasteiger partial charge >= 0.3 is 0 Å². The fourth-order valence-corrected chi connectivity index (χ4v) is 4.93. The Morgan fingerprint density at radius 2 is 1.90 bits per heavy atom. The minimum absolute atomic E-state index is 0.137. The molecule has 150 valence electrons. The number of halogens is 1. The van der Waals surface area contributed by atoms with Gasteiger partial charge in [0.1, 0.15) is 11.5 Å². The summed E-state index contributed by atoms with van der Waals surface area (Å²) in [6, 6.07) is 17.6. The molecule has 0 aliphatic carbocycles. The van der Waals surface area contributed by atoms with E-state index in [4.69, 9.17) is 16.0 Å². The van der Waals surface area contributed by atoms with Crippen LogP contribution < -0.4 is 9.62 Å². The van der Waals surface area contributed by atoms with E-state index in [1.807, 2.05) is 18.2 Å². The maximum Gasteiger partial charge on any atom is 0.251 e. The number of benzene rings is 2. The first-order valence-electron chi connectivity index (χ1n) is 9.16. The van der Waals surface area contributed by atoms with Gasteiger partial charge in [0.05, 0.1) is 18.0 Å². The van der Waals surface area contributed by atoms with Crippen molar-refractivity contribution in [2.24, 2.45) is 0 Å². The molecule has 3 aromatic rings. The number of carbonyl (C=O) groups excluding carboxylic acids is 1. The Balaban J connectivity index is 1.43. The fraction of sp³-hybridized carbons (Fsp3) is 0.190. The normalized spacial score (nSPS) is 15.4. The highest BCUT2D eigenvalue weighted by Gasteiger charge is 2.28. The predicted molar refractivity (Wildman–Crippen MR) is 113 cm³/mol. The van der Waals surface area contributed by atoms with Crippen LogP contribution in [0.2, 0.25) is 5.02 Å². The second-order valence-corrected chi connectivity index (χ2v) is 9.20. The Hall–Kier alpha value is -2.77. The Labute approximate surface area is 174 Å².